The van der Waals surface area contributed by atoms with E-state index in [0.29, 0.717) is 15.7 Å². The average molecular weight is 476 g/mol. The highest BCUT2D eigenvalue weighted by Crippen LogP contribution is 2.25. The molecule has 0 spiro atoms. The Morgan fingerprint density at radius 2 is 1.44 bits per heavy atom. The van der Waals surface area contributed by atoms with Crippen molar-refractivity contribution in [2.24, 2.45) is 0 Å². The minimum absolute atomic E-state index is 0.170. The maximum absolute atomic E-state index is 5.56. The lowest BCUT2D eigenvalue weighted by Gasteiger charge is -2.18. The minimum atomic E-state index is 0.170. The largest absolute Gasteiger partial charge is 0.368 e. The fourth-order valence-corrected chi connectivity index (χ4v) is 7.58. The van der Waals surface area contributed by atoms with E-state index in [4.69, 9.17) is 11.5 Å². The zero-order valence-corrected chi connectivity index (χ0v) is 19.7. The second-order valence-corrected chi connectivity index (χ2v) is 10.9. The van der Waals surface area contributed by atoms with Crippen molar-refractivity contribution in [2.75, 3.05) is 57.5 Å². The third kappa shape index (κ3) is 11.5. The Balaban J connectivity index is 2.19. The van der Waals surface area contributed by atoms with Crippen LogP contribution in [0, 0.1) is 0 Å². The van der Waals surface area contributed by atoms with Crippen LogP contribution in [0.1, 0.15) is 0 Å². The van der Waals surface area contributed by atoms with E-state index in [1.54, 1.807) is 11.8 Å². The van der Waals surface area contributed by atoms with Gasteiger partial charge in [-0.15, -0.1) is 0 Å². The van der Waals surface area contributed by atoms with Gasteiger partial charge in [0.05, 0.1) is 0 Å². The van der Waals surface area contributed by atoms with Gasteiger partial charge in [0.1, 0.15) is 0 Å². The summed E-state index contributed by atoms with van der Waals surface area (Å²) in [6, 6.07) is 0. The molecule has 0 fully saturated rings. The second kappa shape index (κ2) is 15.0. The number of nitrogens with two attached hydrogens (primary N) is 2. The Bertz CT molecular complexity index is 462. The highest BCUT2D eigenvalue weighted by molar-refractivity contribution is 8.06. The molecule has 1 rings (SSSR count). The minimum Gasteiger partial charge on any atom is -0.368 e. The number of nitrogen functional groups attached to an aromatic ring is 2. The number of nitrogens with zero attached hydrogens (tertiary/aromatic N) is 3. The zero-order chi connectivity index (χ0) is 18.5. The van der Waals surface area contributed by atoms with Crippen molar-refractivity contribution in [2.45, 2.75) is 15.7 Å². The highest BCUT2D eigenvalue weighted by atomic mass is 32.2. The molecule has 0 aliphatic rings. The van der Waals surface area contributed by atoms with Gasteiger partial charge in [-0.3, -0.25) is 0 Å². The van der Waals surface area contributed by atoms with Crippen molar-refractivity contribution in [3.8, 4) is 0 Å². The third-order valence-electron chi connectivity index (χ3n) is 2.78. The van der Waals surface area contributed by atoms with Gasteiger partial charge in [0.25, 0.3) is 0 Å². The van der Waals surface area contributed by atoms with Gasteiger partial charge >= 0.3 is 0 Å². The van der Waals surface area contributed by atoms with Crippen molar-refractivity contribution >= 4 is 96.8 Å². The molecule has 0 radical (unpaired) electrons. The van der Waals surface area contributed by atoms with Crippen LogP contribution in [0.2, 0.25) is 0 Å². The van der Waals surface area contributed by atoms with Crippen LogP contribution in [-0.4, -0.2) is 71.5 Å². The first kappa shape index (κ1) is 24.1. The summed E-state index contributed by atoms with van der Waals surface area (Å²) in [6.45, 7) is 0. The van der Waals surface area contributed by atoms with Gasteiger partial charge in [0, 0.05) is 50.8 Å². The lowest BCUT2D eigenvalue weighted by atomic mass is 10.5. The van der Waals surface area contributed by atoms with E-state index in [0.717, 1.165) is 46.0 Å². The SMILES string of the molecule is Nc1nc(N)nc(SCCSCC(CS)SCC(CS)SCCS)n1. The Hall–Kier alpha value is 1.06. The second-order valence-electron chi connectivity index (χ2n) is 4.79. The quantitative estimate of drug-likeness (QED) is 0.158. The molecule has 0 bridgehead atoms. The zero-order valence-electron chi connectivity index (χ0n) is 13.8. The van der Waals surface area contributed by atoms with Crippen LogP contribution >= 0.6 is 84.9 Å². The fraction of sp³-hybridized carbons (Fsp3) is 0.769. The van der Waals surface area contributed by atoms with Crippen LogP contribution in [0.4, 0.5) is 11.9 Å². The molecule has 1 aromatic rings. The van der Waals surface area contributed by atoms with E-state index in [9.17, 15) is 0 Å². The molecular weight excluding hydrogens is 451 g/mol. The molecule has 0 aromatic carbocycles. The molecular formula is C13H25N5S7. The average Bonchev–Trinajstić information content (AvgIpc) is 2.58. The van der Waals surface area contributed by atoms with Gasteiger partial charge < -0.3 is 11.5 Å². The van der Waals surface area contributed by atoms with E-state index >= 15 is 0 Å². The van der Waals surface area contributed by atoms with Crippen LogP contribution in [0.3, 0.4) is 0 Å². The number of rotatable bonds is 14. The maximum atomic E-state index is 5.56. The van der Waals surface area contributed by atoms with Gasteiger partial charge in [-0.05, 0) is 5.75 Å². The number of hydrogen-bond acceptors (Lipinski definition) is 12. The van der Waals surface area contributed by atoms with Gasteiger partial charge in [0.2, 0.25) is 11.9 Å². The molecule has 5 nitrogen and oxygen atoms in total. The summed E-state index contributed by atoms with van der Waals surface area (Å²) >= 11 is 20.6. The topological polar surface area (TPSA) is 90.7 Å². The predicted molar refractivity (Wildman–Crippen MR) is 131 cm³/mol. The van der Waals surface area contributed by atoms with Crippen molar-refractivity contribution < 1.29 is 0 Å². The number of thioether (sulfide) groups is 4. The molecule has 4 N–H and O–H groups in total. The first-order valence-electron chi connectivity index (χ1n) is 7.62. The van der Waals surface area contributed by atoms with Crippen molar-refractivity contribution in [3.63, 3.8) is 0 Å². The monoisotopic (exact) mass is 475 g/mol. The van der Waals surface area contributed by atoms with Crippen molar-refractivity contribution in [3.05, 3.63) is 0 Å². The van der Waals surface area contributed by atoms with E-state index in [2.05, 4.69) is 52.8 Å². The Morgan fingerprint density at radius 1 is 0.800 bits per heavy atom. The molecule has 0 saturated heterocycles. The standard InChI is InChI=1S/C13H25N5S7/c14-11-16-12(15)18-13(17-11)24-4-3-22-7-9(5-20)25-8-10(6-21)23-2-1-19/h9-10,19-21H,1-8H2,(H4,14,15,16,17,18). The first-order chi connectivity index (χ1) is 12.1. The normalized spacial score (nSPS) is 13.7. The predicted octanol–water partition coefficient (Wildman–Crippen LogP) is 2.85. The summed E-state index contributed by atoms with van der Waals surface area (Å²) in [5.74, 6) is 8.28. The fourth-order valence-electron chi connectivity index (χ4n) is 1.63. The molecule has 144 valence electrons. The summed E-state index contributed by atoms with van der Waals surface area (Å²) in [6.07, 6.45) is 0. The molecule has 12 heteroatoms. The maximum Gasteiger partial charge on any atom is 0.225 e. The van der Waals surface area contributed by atoms with Gasteiger partial charge in [-0.1, -0.05) is 11.8 Å². The lowest BCUT2D eigenvalue weighted by Crippen LogP contribution is -2.16. The smallest absolute Gasteiger partial charge is 0.225 e. The Labute approximate surface area is 183 Å². The Kier molecular flexibility index (Phi) is 14.5. The van der Waals surface area contributed by atoms with Gasteiger partial charge in [-0.25, -0.2) is 0 Å². The number of anilines is 2. The van der Waals surface area contributed by atoms with E-state index < -0.39 is 0 Å². The van der Waals surface area contributed by atoms with Crippen LogP contribution in [-0.2, 0) is 0 Å². The van der Waals surface area contributed by atoms with Crippen LogP contribution in [0.15, 0.2) is 5.16 Å². The molecule has 0 saturated carbocycles. The molecule has 0 aliphatic heterocycles. The van der Waals surface area contributed by atoms with Crippen LogP contribution in [0.25, 0.3) is 0 Å². The summed E-state index contributed by atoms with van der Waals surface area (Å²) in [4.78, 5) is 11.9. The third-order valence-corrected chi connectivity index (χ3v) is 9.99. The molecule has 2 unspecified atom stereocenters. The Morgan fingerprint density at radius 3 is 2.04 bits per heavy atom. The van der Waals surface area contributed by atoms with E-state index in [1.807, 2.05) is 35.3 Å². The summed E-state index contributed by atoms with van der Waals surface area (Å²) < 4.78 is 0. The van der Waals surface area contributed by atoms with Crippen LogP contribution < -0.4 is 11.5 Å². The van der Waals surface area contributed by atoms with Crippen molar-refractivity contribution in [1.82, 2.24) is 15.0 Å². The molecule has 25 heavy (non-hydrogen) atoms. The number of thiol groups is 3. The number of hydrogen-bond donors (Lipinski definition) is 5. The molecule has 1 aromatic heterocycles. The van der Waals surface area contributed by atoms with Gasteiger partial charge in [0.15, 0.2) is 5.16 Å². The van der Waals surface area contributed by atoms with E-state index in [1.165, 1.54) is 0 Å². The summed E-state index contributed by atoms with van der Waals surface area (Å²) in [5.41, 5.74) is 11.1. The molecule has 1 heterocycles. The number of aromatic nitrogens is 3. The first-order valence-corrected chi connectivity index (χ1v) is 13.8. The van der Waals surface area contributed by atoms with Gasteiger partial charge in [-0.2, -0.15) is 88.1 Å². The lowest BCUT2D eigenvalue weighted by molar-refractivity contribution is 0.930. The molecule has 2 atom stereocenters. The summed E-state index contributed by atoms with van der Waals surface area (Å²) in [5, 5.41) is 1.73. The highest BCUT2D eigenvalue weighted by Gasteiger charge is 2.13. The van der Waals surface area contributed by atoms with E-state index in [-0.39, 0.29) is 11.9 Å². The van der Waals surface area contributed by atoms with Crippen molar-refractivity contribution in [1.29, 1.82) is 0 Å². The van der Waals surface area contributed by atoms with Crippen LogP contribution in [0.5, 0.6) is 0 Å². The molecule has 0 aliphatic carbocycles. The summed E-state index contributed by atoms with van der Waals surface area (Å²) in [7, 11) is 0. The molecule has 0 amide bonds.